The van der Waals surface area contributed by atoms with E-state index in [-0.39, 0.29) is 36.2 Å². The molecule has 2 aromatic rings. The smallest absolute Gasteiger partial charge is 0.410 e. The lowest BCUT2D eigenvalue weighted by Crippen LogP contribution is -2.57. The number of benzene rings is 2. The summed E-state index contributed by atoms with van der Waals surface area (Å²) in [7, 11) is -3.20. The van der Waals surface area contributed by atoms with Crippen LogP contribution < -0.4 is 5.32 Å². The van der Waals surface area contributed by atoms with E-state index in [2.05, 4.69) is 26.1 Å². The lowest BCUT2D eigenvalue weighted by atomic mass is 10.0. The summed E-state index contributed by atoms with van der Waals surface area (Å²) in [6, 6.07) is 12.9. The molecule has 3 fully saturated rings. The molecular weight excluding hydrogens is 716 g/mol. The summed E-state index contributed by atoms with van der Waals surface area (Å²) in [5.74, 6) is -0.188. The van der Waals surface area contributed by atoms with Crippen LogP contribution in [0.25, 0.3) is 0 Å². The Kier molecular flexibility index (Phi) is 11.0. The van der Waals surface area contributed by atoms with Crippen molar-refractivity contribution in [3.63, 3.8) is 0 Å². The molecule has 0 aromatic heterocycles. The Hall–Kier alpha value is -3.40. The molecule has 0 spiro atoms. The maximum atomic E-state index is 14.0. The minimum Gasteiger partial charge on any atom is -0.507 e. The highest BCUT2D eigenvalue weighted by molar-refractivity contribution is 9.10. The molecule has 0 bridgehead atoms. The number of piperazine rings is 1. The Morgan fingerprint density at radius 3 is 2.27 bits per heavy atom. The Morgan fingerprint density at radius 2 is 1.59 bits per heavy atom. The van der Waals surface area contributed by atoms with Crippen LogP contribution in [-0.2, 0) is 32.4 Å². The van der Waals surface area contributed by atoms with Gasteiger partial charge in [0.2, 0.25) is 10.0 Å². The van der Waals surface area contributed by atoms with E-state index in [4.69, 9.17) is 4.74 Å². The van der Waals surface area contributed by atoms with E-state index in [9.17, 15) is 27.9 Å². The number of ether oxygens (including phenoxy) is 1. The molecule has 4 aliphatic heterocycles. The van der Waals surface area contributed by atoms with Crippen molar-refractivity contribution in [3.05, 3.63) is 58.1 Å². The van der Waals surface area contributed by atoms with Crippen LogP contribution in [0, 0.1) is 0 Å². The van der Waals surface area contributed by atoms with Crippen molar-refractivity contribution in [1.29, 1.82) is 0 Å². The second-order valence-electron chi connectivity index (χ2n) is 13.4. The Balaban J connectivity index is 1.06. The maximum absolute atomic E-state index is 14.0. The van der Waals surface area contributed by atoms with Gasteiger partial charge < -0.3 is 29.9 Å². The minimum atomic E-state index is -3.20. The molecule has 3 saturated heterocycles. The molecule has 1 atom stereocenters. The summed E-state index contributed by atoms with van der Waals surface area (Å²) < 4.78 is 31.9. The fourth-order valence-electron chi connectivity index (χ4n) is 7.42. The molecule has 266 valence electrons. The number of fused-ring (bicyclic) bond motifs is 1. The van der Waals surface area contributed by atoms with Gasteiger partial charge in [0.05, 0.1) is 10.7 Å². The second kappa shape index (κ2) is 15.2. The number of carbonyl (C=O) groups is 3. The van der Waals surface area contributed by atoms with Gasteiger partial charge in [-0.1, -0.05) is 24.3 Å². The molecule has 4 amide bonds. The fourth-order valence-corrected chi connectivity index (χ4v) is 8.72. The summed E-state index contributed by atoms with van der Waals surface area (Å²) in [6.45, 7) is 4.68. The number of aromatic hydroxyl groups is 1. The minimum absolute atomic E-state index is 0.0138. The van der Waals surface area contributed by atoms with Crippen molar-refractivity contribution < 1.29 is 32.6 Å². The topological polar surface area (TPSA) is 143 Å². The standard InChI is InChI=1S/C34H45BrN6O7S/c1-49(46,47)40-15-11-26(12-16-40)37-18-20-38(21-19-37)32(43)31(23-24-6-7-30(42)28(35)22-24)48-34(45)39-13-9-27(10-14-39)41-17-8-25-4-2-3-5-29(25)36-33(41)44/h2-7,22,26-27,31,42H,8-21,23H2,1H3,(H,36,44)/t31-/m1/s1. The van der Waals surface area contributed by atoms with Crippen LogP contribution in [0.4, 0.5) is 15.3 Å². The van der Waals surface area contributed by atoms with Crippen LogP contribution in [0.3, 0.4) is 0 Å². The van der Waals surface area contributed by atoms with Gasteiger partial charge in [0.25, 0.3) is 5.91 Å². The lowest BCUT2D eigenvalue weighted by Gasteiger charge is -2.43. The number of urea groups is 1. The van der Waals surface area contributed by atoms with Gasteiger partial charge >= 0.3 is 12.1 Å². The summed E-state index contributed by atoms with van der Waals surface area (Å²) >= 11 is 3.34. The van der Waals surface area contributed by atoms with Crippen molar-refractivity contribution in [1.82, 2.24) is 23.9 Å². The molecule has 4 aliphatic rings. The summed E-state index contributed by atoms with van der Waals surface area (Å²) in [4.78, 5) is 48.1. The van der Waals surface area contributed by atoms with Gasteiger partial charge in [-0.3, -0.25) is 9.69 Å². The molecule has 6 rings (SSSR count). The highest BCUT2D eigenvalue weighted by atomic mass is 79.9. The van der Waals surface area contributed by atoms with Crippen LogP contribution >= 0.6 is 15.9 Å². The maximum Gasteiger partial charge on any atom is 0.410 e. The molecule has 13 nitrogen and oxygen atoms in total. The highest BCUT2D eigenvalue weighted by Crippen LogP contribution is 2.28. The monoisotopic (exact) mass is 760 g/mol. The SMILES string of the molecule is CS(=O)(=O)N1CCC(N2CCN(C(=O)[C@@H](Cc3ccc(O)c(Br)c3)OC(=O)N3CCC(N4CCc5ccccc5NC4=O)CC3)CC2)CC1. The predicted octanol–water partition coefficient (Wildman–Crippen LogP) is 3.33. The molecule has 15 heteroatoms. The van der Waals surface area contributed by atoms with Crippen molar-refractivity contribution in [3.8, 4) is 5.75 Å². The van der Waals surface area contributed by atoms with Gasteiger partial charge in [-0.15, -0.1) is 0 Å². The third-order valence-electron chi connectivity index (χ3n) is 10.3. The van der Waals surface area contributed by atoms with Crippen LogP contribution in [0.5, 0.6) is 5.75 Å². The largest absolute Gasteiger partial charge is 0.507 e. The Bertz CT molecular complexity index is 1640. The first-order chi connectivity index (χ1) is 23.5. The van der Waals surface area contributed by atoms with E-state index < -0.39 is 22.2 Å². The Morgan fingerprint density at radius 1 is 0.918 bits per heavy atom. The van der Waals surface area contributed by atoms with Gasteiger partial charge in [-0.05, 0) is 77.4 Å². The molecule has 0 saturated carbocycles. The average molecular weight is 762 g/mol. The molecular formula is C34H45BrN6O7S. The molecule has 2 aromatic carbocycles. The zero-order valence-electron chi connectivity index (χ0n) is 27.8. The Labute approximate surface area is 296 Å². The molecule has 4 heterocycles. The first kappa shape index (κ1) is 35.4. The van der Waals surface area contributed by atoms with Crippen molar-refractivity contribution in [2.24, 2.45) is 0 Å². The van der Waals surface area contributed by atoms with E-state index >= 15 is 0 Å². The third kappa shape index (κ3) is 8.50. The number of para-hydroxylation sites is 1. The highest BCUT2D eigenvalue weighted by Gasteiger charge is 2.37. The van der Waals surface area contributed by atoms with Crippen LogP contribution in [0.15, 0.2) is 46.9 Å². The van der Waals surface area contributed by atoms with Crippen LogP contribution in [0.1, 0.15) is 36.8 Å². The second-order valence-corrected chi connectivity index (χ2v) is 16.2. The number of anilines is 1. The number of rotatable bonds is 7. The van der Waals surface area contributed by atoms with Gasteiger partial charge in [0.1, 0.15) is 5.75 Å². The zero-order valence-corrected chi connectivity index (χ0v) is 30.2. The molecule has 0 unspecified atom stereocenters. The van der Waals surface area contributed by atoms with Gasteiger partial charge in [0, 0.05) is 83.1 Å². The number of phenolic OH excluding ortho intramolecular Hbond substituents is 1. The number of nitrogens with one attached hydrogen (secondary N) is 1. The van der Waals surface area contributed by atoms with E-state index in [1.165, 1.54) is 10.6 Å². The molecule has 49 heavy (non-hydrogen) atoms. The molecule has 0 radical (unpaired) electrons. The van der Waals surface area contributed by atoms with Gasteiger partial charge in [-0.25, -0.2) is 22.3 Å². The van der Waals surface area contributed by atoms with E-state index in [1.807, 2.05) is 29.2 Å². The molecule has 0 aliphatic carbocycles. The number of piperidine rings is 2. The number of hydrogen-bond donors (Lipinski definition) is 2. The third-order valence-corrected chi connectivity index (χ3v) is 12.2. The number of likely N-dealkylation sites (tertiary alicyclic amines) is 1. The van der Waals surface area contributed by atoms with Crippen molar-refractivity contribution in [2.75, 3.05) is 70.5 Å². The summed E-state index contributed by atoms with van der Waals surface area (Å²) in [5.41, 5.74) is 2.68. The average Bonchev–Trinajstić information content (AvgIpc) is 3.27. The number of halogens is 1. The number of sulfonamides is 1. The van der Waals surface area contributed by atoms with Gasteiger partial charge in [0.15, 0.2) is 6.10 Å². The quantitative estimate of drug-likeness (QED) is 0.438. The van der Waals surface area contributed by atoms with E-state index in [1.54, 1.807) is 28.0 Å². The first-order valence-corrected chi connectivity index (χ1v) is 19.7. The van der Waals surface area contributed by atoms with Crippen molar-refractivity contribution in [2.45, 2.75) is 56.7 Å². The number of carbonyl (C=O) groups excluding carboxylic acids is 3. The summed E-state index contributed by atoms with van der Waals surface area (Å²) in [6.07, 6.45) is 3.26. The predicted molar refractivity (Wildman–Crippen MR) is 188 cm³/mol. The number of nitrogens with zero attached hydrogens (tertiary/aromatic N) is 5. The number of hydrogen-bond acceptors (Lipinski definition) is 8. The molecule has 2 N–H and O–H groups in total. The van der Waals surface area contributed by atoms with Crippen LogP contribution in [0.2, 0.25) is 0 Å². The van der Waals surface area contributed by atoms with Crippen LogP contribution in [-0.4, -0.2) is 139 Å². The van der Waals surface area contributed by atoms with Gasteiger partial charge in [-0.2, -0.15) is 0 Å². The lowest BCUT2D eigenvalue weighted by molar-refractivity contribution is -0.143. The fraction of sp³-hybridized carbons (Fsp3) is 0.559. The normalized spacial score (nSPS) is 21.1. The van der Waals surface area contributed by atoms with E-state index in [0.29, 0.717) is 76.2 Å². The van der Waals surface area contributed by atoms with E-state index in [0.717, 1.165) is 36.1 Å². The summed E-state index contributed by atoms with van der Waals surface area (Å²) in [5, 5.41) is 13.0. The van der Waals surface area contributed by atoms with Crippen molar-refractivity contribution >= 4 is 49.7 Å². The number of phenols is 1. The zero-order chi connectivity index (χ0) is 34.7. The first-order valence-electron chi connectivity index (χ1n) is 17.0. The number of amides is 4.